The van der Waals surface area contributed by atoms with Crippen LogP contribution in [0.15, 0.2) is 66.7 Å². The fourth-order valence-electron chi connectivity index (χ4n) is 3.59. The van der Waals surface area contributed by atoms with Crippen molar-refractivity contribution in [1.82, 2.24) is 0 Å². The number of benzene rings is 3. The molecular weight excluding hydrogens is 336 g/mol. The third kappa shape index (κ3) is 3.54. The van der Waals surface area contributed by atoms with Gasteiger partial charge in [-0.2, -0.15) is 0 Å². The van der Waals surface area contributed by atoms with Crippen LogP contribution in [0.4, 0.5) is 0 Å². The number of ketones is 1. The van der Waals surface area contributed by atoms with Crippen LogP contribution in [-0.2, 0) is 16.0 Å². The number of hydrogen-bond donors (Lipinski definition) is 0. The lowest BCUT2D eigenvalue weighted by Crippen LogP contribution is -2.09. The van der Waals surface area contributed by atoms with E-state index in [0.717, 1.165) is 12.0 Å². The average molecular weight is 356 g/mol. The molecule has 0 saturated carbocycles. The predicted molar refractivity (Wildman–Crippen MR) is 106 cm³/mol. The number of carbonyl (C=O) groups is 2. The lowest BCUT2D eigenvalue weighted by atomic mass is 9.96. The lowest BCUT2D eigenvalue weighted by molar-refractivity contribution is -0.135. The Kier molecular flexibility index (Phi) is 4.59. The second-order valence-electron chi connectivity index (χ2n) is 6.87. The van der Waals surface area contributed by atoms with Gasteiger partial charge < -0.3 is 9.53 Å². The van der Waals surface area contributed by atoms with Crippen molar-refractivity contribution < 1.29 is 14.3 Å². The van der Waals surface area contributed by atoms with E-state index in [0.29, 0.717) is 5.75 Å². The number of ether oxygens (including phenoxy) is 1. The zero-order valence-corrected chi connectivity index (χ0v) is 15.2. The van der Waals surface area contributed by atoms with Crippen LogP contribution in [0.3, 0.4) is 0 Å². The van der Waals surface area contributed by atoms with Gasteiger partial charge >= 0.3 is 5.97 Å². The van der Waals surface area contributed by atoms with E-state index in [2.05, 4.69) is 42.5 Å². The van der Waals surface area contributed by atoms with Crippen LogP contribution in [-0.4, -0.2) is 11.8 Å². The molecule has 0 heterocycles. The van der Waals surface area contributed by atoms with E-state index in [4.69, 9.17) is 4.74 Å². The minimum absolute atomic E-state index is 0.0128. The Morgan fingerprint density at radius 3 is 2.30 bits per heavy atom. The molecule has 1 aliphatic rings. The van der Waals surface area contributed by atoms with Crippen LogP contribution in [0.2, 0.25) is 0 Å². The first-order valence-corrected chi connectivity index (χ1v) is 9.12. The fourth-order valence-corrected chi connectivity index (χ4v) is 3.59. The Balaban J connectivity index is 1.56. The summed E-state index contributed by atoms with van der Waals surface area (Å²) in [5.74, 6) is 0.110. The summed E-state index contributed by atoms with van der Waals surface area (Å²) in [6.45, 7) is 1.47. The summed E-state index contributed by atoms with van der Waals surface area (Å²) in [7, 11) is 0. The molecule has 0 spiro atoms. The molecule has 4 rings (SSSR count). The second kappa shape index (κ2) is 7.20. The van der Waals surface area contributed by atoms with E-state index >= 15 is 0 Å². The van der Waals surface area contributed by atoms with Crippen molar-refractivity contribution >= 4 is 11.8 Å². The van der Waals surface area contributed by atoms with Crippen LogP contribution < -0.4 is 4.74 Å². The standard InChI is InChI=1S/C24H20O3/c1-16(25)9-14-24(26)27-19-12-10-17(11-13-19)20-7-4-8-22-21-6-3-2-5-18(21)15-23(20)22/h2-8,10-13H,9,14-15H2,1H3. The molecule has 1 aliphatic carbocycles. The van der Waals surface area contributed by atoms with Gasteiger partial charge in [0, 0.05) is 6.42 Å². The molecule has 0 atom stereocenters. The highest BCUT2D eigenvalue weighted by Gasteiger charge is 2.20. The van der Waals surface area contributed by atoms with E-state index in [-0.39, 0.29) is 24.6 Å². The molecule has 0 aromatic heterocycles. The van der Waals surface area contributed by atoms with Crippen LogP contribution in [0.25, 0.3) is 22.3 Å². The van der Waals surface area contributed by atoms with Crippen molar-refractivity contribution in [3.05, 3.63) is 77.9 Å². The Morgan fingerprint density at radius 2 is 1.52 bits per heavy atom. The number of esters is 1. The normalized spacial score (nSPS) is 11.6. The molecule has 0 unspecified atom stereocenters. The zero-order valence-electron chi connectivity index (χ0n) is 15.2. The van der Waals surface area contributed by atoms with Crippen molar-refractivity contribution in [1.29, 1.82) is 0 Å². The first-order valence-electron chi connectivity index (χ1n) is 9.12. The SMILES string of the molecule is CC(=O)CCC(=O)Oc1ccc(-c2cccc3c2Cc2ccccc2-3)cc1. The minimum atomic E-state index is -0.381. The maximum atomic E-state index is 11.8. The number of rotatable bonds is 5. The second-order valence-corrected chi connectivity index (χ2v) is 6.87. The van der Waals surface area contributed by atoms with Crippen molar-refractivity contribution in [3.8, 4) is 28.0 Å². The summed E-state index contributed by atoms with van der Waals surface area (Å²) in [6.07, 6.45) is 1.26. The molecule has 27 heavy (non-hydrogen) atoms. The van der Waals surface area contributed by atoms with Gasteiger partial charge in [0.15, 0.2) is 0 Å². The van der Waals surface area contributed by atoms with Gasteiger partial charge in [-0.05, 0) is 58.9 Å². The number of carbonyl (C=O) groups excluding carboxylic acids is 2. The number of Topliss-reactive ketones (excluding diaryl/α,β-unsaturated/α-hetero) is 1. The molecule has 0 fully saturated rings. The molecule has 0 amide bonds. The largest absolute Gasteiger partial charge is 0.427 e. The summed E-state index contributed by atoms with van der Waals surface area (Å²) in [5, 5.41) is 0. The lowest BCUT2D eigenvalue weighted by Gasteiger charge is -2.10. The number of hydrogen-bond acceptors (Lipinski definition) is 3. The third-order valence-electron chi connectivity index (χ3n) is 4.93. The molecule has 3 aromatic rings. The quantitative estimate of drug-likeness (QED) is 0.365. The first kappa shape index (κ1) is 17.2. The van der Waals surface area contributed by atoms with Crippen LogP contribution in [0, 0.1) is 0 Å². The summed E-state index contributed by atoms with van der Waals surface area (Å²) >= 11 is 0. The Bertz CT molecular complexity index is 1020. The van der Waals surface area contributed by atoms with E-state index in [1.54, 1.807) is 0 Å². The smallest absolute Gasteiger partial charge is 0.311 e. The molecule has 3 aromatic carbocycles. The van der Waals surface area contributed by atoms with Crippen molar-refractivity contribution in [2.45, 2.75) is 26.2 Å². The van der Waals surface area contributed by atoms with Crippen molar-refractivity contribution in [2.24, 2.45) is 0 Å². The molecule has 0 aliphatic heterocycles. The molecule has 0 bridgehead atoms. The minimum Gasteiger partial charge on any atom is -0.427 e. The van der Waals surface area contributed by atoms with Gasteiger partial charge in [-0.3, -0.25) is 4.79 Å². The average Bonchev–Trinajstić information content (AvgIpc) is 3.06. The van der Waals surface area contributed by atoms with Gasteiger partial charge in [-0.25, -0.2) is 0 Å². The predicted octanol–water partition coefficient (Wildman–Crippen LogP) is 5.20. The highest BCUT2D eigenvalue weighted by Crippen LogP contribution is 2.41. The molecular formula is C24H20O3. The van der Waals surface area contributed by atoms with Crippen molar-refractivity contribution in [2.75, 3.05) is 0 Å². The van der Waals surface area contributed by atoms with Crippen molar-refractivity contribution in [3.63, 3.8) is 0 Å². The highest BCUT2D eigenvalue weighted by atomic mass is 16.5. The van der Waals surface area contributed by atoms with Gasteiger partial charge in [0.05, 0.1) is 6.42 Å². The van der Waals surface area contributed by atoms with E-state index < -0.39 is 0 Å². The molecule has 0 N–H and O–H groups in total. The Hall–Kier alpha value is -3.20. The topological polar surface area (TPSA) is 43.4 Å². The van der Waals surface area contributed by atoms with Gasteiger partial charge in [-0.1, -0.05) is 54.6 Å². The van der Waals surface area contributed by atoms with E-state index in [1.807, 2.05) is 24.3 Å². The molecule has 3 heteroatoms. The number of fused-ring (bicyclic) bond motifs is 3. The van der Waals surface area contributed by atoms with Crippen LogP contribution in [0.1, 0.15) is 30.9 Å². The van der Waals surface area contributed by atoms with E-state index in [1.165, 1.54) is 34.7 Å². The van der Waals surface area contributed by atoms with Gasteiger partial charge in [0.2, 0.25) is 0 Å². The highest BCUT2D eigenvalue weighted by molar-refractivity contribution is 5.85. The monoisotopic (exact) mass is 356 g/mol. The molecule has 0 radical (unpaired) electrons. The van der Waals surface area contributed by atoms with Crippen LogP contribution >= 0.6 is 0 Å². The summed E-state index contributed by atoms with van der Waals surface area (Å²) in [5.41, 5.74) is 7.61. The molecule has 0 saturated heterocycles. The van der Waals surface area contributed by atoms with Gasteiger partial charge in [-0.15, -0.1) is 0 Å². The first-order chi connectivity index (χ1) is 13.1. The summed E-state index contributed by atoms with van der Waals surface area (Å²) in [6, 6.07) is 22.5. The molecule has 134 valence electrons. The Morgan fingerprint density at radius 1 is 0.815 bits per heavy atom. The third-order valence-corrected chi connectivity index (χ3v) is 4.93. The van der Waals surface area contributed by atoms with Crippen LogP contribution in [0.5, 0.6) is 5.75 Å². The Labute approximate surface area is 158 Å². The maximum Gasteiger partial charge on any atom is 0.311 e. The summed E-state index contributed by atoms with van der Waals surface area (Å²) < 4.78 is 5.31. The zero-order chi connectivity index (χ0) is 18.8. The van der Waals surface area contributed by atoms with Gasteiger partial charge in [0.1, 0.15) is 11.5 Å². The summed E-state index contributed by atoms with van der Waals surface area (Å²) in [4.78, 5) is 22.7. The molecule has 3 nitrogen and oxygen atoms in total. The van der Waals surface area contributed by atoms with Gasteiger partial charge in [0.25, 0.3) is 0 Å². The maximum absolute atomic E-state index is 11.8. The fraction of sp³-hybridized carbons (Fsp3) is 0.167. The van der Waals surface area contributed by atoms with E-state index in [9.17, 15) is 9.59 Å².